The molecule has 3 heteroatoms. The number of rotatable bonds is 4. The molecule has 0 amide bonds. The van der Waals surface area contributed by atoms with Gasteiger partial charge in [-0.1, -0.05) is 18.2 Å². The molecular formula is C10H19ClN2. The lowest BCUT2D eigenvalue weighted by molar-refractivity contribution is 0.189. The van der Waals surface area contributed by atoms with Crippen molar-refractivity contribution in [1.29, 1.82) is 0 Å². The first-order chi connectivity index (χ1) is 6.22. The second-order valence-corrected chi connectivity index (χ2v) is 4.35. The zero-order valence-corrected chi connectivity index (χ0v) is 9.11. The van der Waals surface area contributed by atoms with Gasteiger partial charge in [-0.15, -0.1) is 0 Å². The van der Waals surface area contributed by atoms with Gasteiger partial charge in [-0.3, -0.25) is 4.90 Å². The average Bonchev–Trinajstić information content (AvgIpc) is 2.04. The summed E-state index contributed by atoms with van der Waals surface area (Å²) >= 11 is 5.78. The molecule has 1 rings (SSSR count). The van der Waals surface area contributed by atoms with Crippen molar-refractivity contribution in [3.8, 4) is 0 Å². The van der Waals surface area contributed by atoms with Crippen molar-refractivity contribution in [2.75, 3.05) is 33.2 Å². The highest BCUT2D eigenvalue weighted by molar-refractivity contribution is 6.29. The maximum Gasteiger partial charge on any atom is 0.0335 e. The van der Waals surface area contributed by atoms with Gasteiger partial charge in [0.1, 0.15) is 0 Å². The standard InChI is InChI=1S/C10H19ClN2/c1-9(11)7-13-5-3-4-10(8-13)6-12-2/h10,12H,1,3-8H2,2H3. The van der Waals surface area contributed by atoms with Crippen molar-refractivity contribution < 1.29 is 0 Å². The van der Waals surface area contributed by atoms with Crippen molar-refractivity contribution in [2.24, 2.45) is 5.92 Å². The Labute approximate surface area is 85.9 Å². The molecule has 1 unspecified atom stereocenters. The van der Waals surface area contributed by atoms with Gasteiger partial charge >= 0.3 is 0 Å². The van der Waals surface area contributed by atoms with Crippen LogP contribution in [0, 0.1) is 5.92 Å². The van der Waals surface area contributed by atoms with Gasteiger partial charge in [0.15, 0.2) is 0 Å². The molecule has 1 heterocycles. The van der Waals surface area contributed by atoms with E-state index in [0.717, 1.165) is 30.6 Å². The van der Waals surface area contributed by atoms with E-state index in [1.165, 1.54) is 19.4 Å². The molecule has 0 bridgehead atoms. The summed E-state index contributed by atoms with van der Waals surface area (Å²) in [4.78, 5) is 2.39. The Balaban J connectivity index is 2.28. The fourth-order valence-corrected chi connectivity index (χ4v) is 2.16. The molecule has 0 aliphatic carbocycles. The van der Waals surface area contributed by atoms with E-state index < -0.39 is 0 Å². The molecule has 76 valence electrons. The number of piperidine rings is 1. The number of likely N-dealkylation sites (tertiary alicyclic amines) is 1. The number of nitrogens with zero attached hydrogens (tertiary/aromatic N) is 1. The summed E-state index contributed by atoms with van der Waals surface area (Å²) in [6.07, 6.45) is 2.63. The third-order valence-corrected chi connectivity index (χ3v) is 2.61. The first-order valence-electron chi connectivity index (χ1n) is 4.92. The van der Waals surface area contributed by atoms with Crippen LogP contribution >= 0.6 is 11.6 Å². The topological polar surface area (TPSA) is 15.3 Å². The highest BCUT2D eigenvalue weighted by Crippen LogP contribution is 2.16. The first-order valence-corrected chi connectivity index (χ1v) is 5.30. The Bertz CT molecular complexity index is 168. The Kier molecular flexibility index (Phi) is 4.78. The van der Waals surface area contributed by atoms with E-state index in [-0.39, 0.29) is 0 Å². The maximum absolute atomic E-state index is 5.78. The van der Waals surface area contributed by atoms with Gasteiger partial charge in [0.05, 0.1) is 0 Å². The Morgan fingerprint density at radius 3 is 3.08 bits per heavy atom. The van der Waals surface area contributed by atoms with Crippen molar-refractivity contribution in [3.63, 3.8) is 0 Å². The Hall–Kier alpha value is -0.0500. The van der Waals surface area contributed by atoms with Crippen LogP contribution in [0.5, 0.6) is 0 Å². The molecule has 1 aliphatic rings. The third kappa shape index (κ3) is 4.12. The van der Waals surface area contributed by atoms with Crippen molar-refractivity contribution in [3.05, 3.63) is 11.6 Å². The van der Waals surface area contributed by atoms with Crippen LogP contribution < -0.4 is 5.32 Å². The summed E-state index contributed by atoms with van der Waals surface area (Å²) in [7, 11) is 2.01. The van der Waals surface area contributed by atoms with Crippen LogP contribution in [0.15, 0.2) is 11.6 Å². The fourth-order valence-electron chi connectivity index (χ4n) is 1.99. The normalized spacial score (nSPS) is 24.6. The summed E-state index contributed by atoms with van der Waals surface area (Å²) in [5, 5.41) is 3.98. The van der Waals surface area contributed by atoms with E-state index >= 15 is 0 Å². The second-order valence-electron chi connectivity index (χ2n) is 3.82. The van der Waals surface area contributed by atoms with Gasteiger partial charge in [0.2, 0.25) is 0 Å². The lowest BCUT2D eigenvalue weighted by Crippen LogP contribution is -2.39. The number of hydrogen-bond acceptors (Lipinski definition) is 2. The van der Waals surface area contributed by atoms with Gasteiger partial charge in [-0.25, -0.2) is 0 Å². The van der Waals surface area contributed by atoms with E-state index in [0.29, 0.717) is 0 Å². The van der Waals surface area contributed by atoms with Crippen LogP contribution in [0.3, 0.4) is 0 Å². The zero-order chi connectivity index (χ0) is 9.68. The summed E-state index contributed by atoms with van der Waals surface area (Å²) in [6.45, 7) is 8.03. The van der Waals surface area contributed by atoms with E-state index in [9.17, 15) is 0 Å². The van der Waals surface area contributed by atoms with Gasteiger partial charge in [0.25, 0.3) is 0 Å². The first kappa shape index (κ1) is 11.0. The molecule has 0 aromatic rings. The third-order valence-electron chi connectivity index (χ3n) is 2.49. The summed E-state index contributed by atoms with van der Waals surface area (Å²) in [6, 6.07) is 0. The molecule has 0 aromatic heterocycles. The highest BCUT2D eigenvalue weighted by Gasteiger charge is 2.18. The van der Waals surface area contributed by atoms with E-state index in [1.54, 1.807) is 0 Å². The molecular weight excluding hydrogens is 184 g/mol. The van der Waals surface area contributed by atoms with Crippen LogP contribution in [0.4, 0.5) is 0 Å². The SMILES string of the molecule is C=C(Cl)CN1CCCC(CNC)C1. The second kappa shape index (κ2) is 5.63. The number of nitrogens with one attached hydrogen (secondary N) is 1. The molecule has 0 radical (unpaired) electrons. The molecule has 1 N–H and O–H groups in total. The van der Waals surface area contributed by atoms with Crippen LogP contribution in [0.1, 0.15) is 12.8 Å². The molecule has 0 aromatic carbocycles. The molecule has 2 nitrogen and oxygen atoms in total. The predicted molar refractivity (Wildman–Crippen MR) is 58.1 cm³/mol. The minimum atomic E-state index is 0.755. The van der Waals surface area contributed by atoms with Gasteiger partial charge in [-0.05, 0) is 38.9 Å². The Morgan fingerprint density at radius 2 is 2.46 bits per heavy atom. The van der Waals surface area contributed by atoms with Crippen molar-refractivity contribution in [1.82, 2.24) is 10.2 Å². The lowest BCUT2D eigenvalue weighted by Gasteiger charge is -2.32. The van der Waals surface area contributed by atoms with Gasteiger partial charge < -0.3 is 5.32 Å². The minimum Gasteiger partial charge on any atom is -0.319 e. The van der Waals surface area contributed by atoms with E-state index in [1.807, 2.05) is 7.05 Å². The Morgan fingerprint density at radius 1 is 1.69 bits per heavy atom. The average molecular weight is 203 g/mol. The smallest absolute Gasteiger partial charge is 0.0335 e. The molecule has 1 aliphatic heterocycles. The van der Waals surface area contributed by atoms with Crippen molar-refractivity contribution >= 4 is 11.6 Å². The monoisotopic (exact) mass is 202 g/mol. The molecule has 13 heavy (non-hydrogen) atoms. The number of halogens is 1. The zero-order valence-electron chi connectivity index (χ0n) is 8.35. The van der Waals surface area contributed by atoms with Crippen LogP contribution in [-0.2, 0) is 0 Å². The van der Waals surface area contributed by atoms with Crippen LogP contribution in [-0.4, -0.2) is 38.1 Å². The quantitative estimate of drug-likeness (QED) is 0.746. The molecule has 1 atom stereocenters. The molecule has 1 saturated heterocycles. The molecule has 0 spiro atoms. The highest BCUT2D eigenvalue weighted by atomic mass is 35.5. The largest absolute Gasteiger partial charge is 0.319 e. The van der Waals surface area contributed by atoms with Gasteiger partial charge in [-0.2, -0.15) is 0 Å². The van der Waals surface area contributed by atoms with Crippen LogP contribution in [0.2, 0.25) is 0 Å². The number of hydrogen-bond donors (Lipinski definition) is 1. The van der Waals surface area contributed by atoms with Crippen molar-refractivity contribution in [2.45, 2.75) is 12.8 Å². The van der Waals surface area contributed by atoms with E-state index in [4.69, 9.17) is 11.6 Å². The van der Waals surface area contributed by atoms with Gasteiger partial charge in [0, 0.05) is 18.1 Å². The lowest BCUT2D eigenvalue weighted by atomic mass is 9.98. The summed E-state index contributed by atoms with van der Waals surface area (Å²) < 4.78 is 0. The summed E-state index contributed by atoms with van der Waals surface area (Å²) in [5.74, 6) is 0.787. The van der Waals surface area contributed by atoms with Crippen LogP contribution in [0.25, 0.3) is 0 Å². The maximum atomic E-state index is 5.78. The van der Waals surface area contributed by atoms with E-state index in [2.05, 4.69) is 16.8 Å². The minimum absolute atomic E-state index is 0.755. The fraction of sp³-hybridized carbons (Fsp3) is 0.800. The molecule has 1 fully saturated rings. The predicted octanol–water partition coefficient (Wildman–Crippen LogP) is 1.67. The molecule has 0 saturated carbocycles. The summed E-state index contributed by atoms with van der Waals surface area (Å²) in [5.41, 5.74) is 0.